The van der Waals surface area contributed by atoms with E-state index in [-0.39, 0.29) is 11.6 Å². The molecule has 0 amide bonds. The lowest BCUT2D eigenvalue weighted by Crippen LogP contribution is -2.40. The van der Waals surface area contributed by atoms with Gasteiger partial charge in [-0.05, 0) is 18.4 Å². The van der Waals surface area contributed by atoms with Gasteiger partial charge >= 0.3 is 5.97 Å². The Bertz CT molecular complexity index is 432. The fourth-order valence-electron chi connectivity index (χ4n) is 2.48. The molecule has 102 valence electrons. The van der Waals surface area contributed by atoms with Crippen molar-refractivity contribution in [1.29, 1.82) is 0 Å². The first-order valence-electron chi connectivity index (χ1n) is 6.82. The van der Waals surface area contributed by atoms with E-state index < -0.39 is 0 Å². The second-order valence-corrected chi connectivity index (χ2v) is 5.39. The van der Waals surface area contributed by atoms with Gasteiger partial charge in [-0.1, -0.05) is 30.3 Å². The fourth-order valence-corrected chi connectivity index (χ4v) is 2.48. The van der Waals surface area contributed by atoms with Gasteiger partial charge in [0, 0.05) is 13.1 Å². The maximum absolute atomic E-state index is 11.8. The van der Waals surface area contributed by atoms with Gasteiger partial charge in [-0.25, -0.2) is 0 Å². The maximum Gasteiger partial charge on any atom is 0.320 e. The summed E-state index contributed by atoms with van der Waals surface area (Å²) in [5.74, 6) is -0.142. The molecule has 19 heavy (non-hydrogen) atoms. The Morgan fingerprint density at radius 1 is 1.26 bits per heavy atom. The summed E-state index contributed by atoms with van der Waals surface area (Å²) in [6.07, 6.45) is 2.08. The quantitative estimate of drug-likeness (QED) is 0.610. The molecule has 0 N–H and O–H groups in total. The van der Waals surface area contributed by atoms with Crippen LogP contribution in [0.3, 0.4) is 0 Å². The lowest BCUT2D eigenvalue weighted by atomic mass is 9.98. The van der Waals surface area contributed by atoms with Crippen LogP contribution in [-0.2, 0) is 20.9 Å². The van der Waals surface area contributed by atoms with E-state index in [1.165, 1.54) is 0 Å². The first-order valence-corrected chi connectivity index (χ1v) is 6.82. The number of epoxide rings is 1. The van der Waals surface area contributed by atoms with Gasteiger partial charge in [0.25, 0.3) is 0 Å². The third-order valence-electron chi connectivity index (χ3n) is 3.92. The summed E-state index contributed by atoms with van der Waals surface area (Å²) in [7, 11) is 0. The van der Waals surface area contributed by atoms with Crippen LogP contribution in [0.2, 0.25) is 0 Å². The van der Waals surface area contributed by atoms with Crippen molar-refractivity contribution in [3.05, 3.63) is 35.9 Å². The molecule has 2 aliphatic rings. The normalized spacial score (nSPS) is 21.3. The molecule has 1 aromatic rings. The number of likely N-dealkylation sites (tertiary alicyclic amines) is 1. The van der Waals surface area contributed by atoms with Gasteiger partial charge in [-0.15, -0.1) is 0 Å². The van der Waals surface area contributed by atoms with Crippen LogP contribution in [0, 0.1) is 0 Å². The lowest BCUT2D eigenvalue weighted by molar-refractivity contribution is -0.146. The third-order valence-corrected chi connectivity index (χ3v) is 3.92. The van der Waals surface area contributed by atoms with E-state index in [2.05, 4.69) is 4.90 Å². The van der Waals surface area contributed by atoms with Crippen molar-refractivity contribution in [3.63, 3.8) is 0 Å². The summed E-state index contributed by atoms with van der Waals surface area (Å²) < 4.78 is 10.7. The highest BCUT2D eigenvalue weighted by Crippen LogP contribution is 2.37. The minimum Gasteiger partial charge on any atom is -0.460 e. The molecule has 3 rings (SSSR count). The SMILES string of the molecule is O=C(CN1CCC2(CC1)CO2)OCc1ccccc1. The number of nitrogens with zero attached hydrogens (tertiary/aromatic N) is 1. The zero-order valence-corrected chi connectivity index (χ0v) is 11.0. The molecule has 0 aliphatic carbocycles. The van der Waals surface area contributed by atoms with Crippen LogP contribution < -0.4 is 0 Å². The van der Waals surface area contributed by atoms with Crippen molar-refractivity contribution in [2.24, 2.45) is 0 Å². The van der Waals surface area contributed by atoms with Crippen molar-refractivity contribution in [1.82, 2.24) is 4.90 Å². The summed E-state index contributed by atoms with van der Waals surface area (Å²) in [6, 6.07) is 9.77. The van der Waals surface area contributed by atoms with E-state index in [9.17, 15) is 4.79 Å². The number of carbonyl (C=O) groups is 1. The molecule has 4 heteroatoms. The average molecular weight is 261 g/mol. The highest BCUT2D eigenvalue weighted by molar-refractivity contribution is 5.71. The summed E-state index contributed by atoms with van der Waals surface area (Å²) in [6.45, 7) is 3.52. The summed E-state index contributed by atoms with van der Waals surface area (Å²) >= 11 is 0. The Hall–Kier alpha value is -1.39. The van der Waals surface area contributed by atoms with Gasteiger partial charge in [-0.2, -0.15) is 0 Å². The molecular formula is C15H19NO3. The number of esters is 1. The third kappa shape index (κ3) is 3.33. The van der Waals surface area contributed by atoms with Crippen molar-refractivity contribution >= 4 is 5.97 Å². The monoisotopic (exact) mass is 261 g/mol. The van der Waals surface area contributed by atoms with E-state index in [0.717, 1.165) is 38.1 Å². The van der Waals surface area contributed by atoms with Crippen molar-refractivity contribution in [3.8, 4) is 0 Å². The lowest BCUT2D eigenvalue weighted by Gasteiger charge is -2.29. The predicted molar refractivity (Wildman–Crippen MR) is 70.6 cm³/mol. The zero-order chi connectivity index (χ0) is 13.1. The number of hydrogen-bond acceptors (Lipinski definition) is 4. The number of carbonyl (C=O) groups excluding carboxylic acids is 1. The highest BCUT2D eigenvalue weighted by atomic mass is 16.6. The minimum atomic E-state index is -0.142. The standard InChI is InChI=1S/C15H19NO3/c17-14(18-11-13-4-2-1-3-5-13)10-16-8-6-15(7-9-16)12-19-15/h1-5H,6-12H2. The van der Waals surface area contributed by atoms with Crippen LogP contribution in [0.1, 0.15) is 18.4 Å². The summed E-state index contributed by atoms with van der Waals surface area (Å²) in [5.41, 5.74) is 1.20. The number of rotatable bonds is 4. The van der Waals surface area contributed by atoms with Crippen LogP contribution in [0.4, 0.5) is 0 Å². The van der Waals surface area contributed by atoms with E-state index in [4.69, 9.17) is 9.47 Å². The number of ether oxygens (including phenoxy) is 2. The fraction of sp³-hybridized carbons (Fsp3) is 0.533. The first kappa shape index (κ1) is 12.6. The van der Waals surface area contributed by atoms with Gasteiger partial charge in [0.1, 0.15) is 6.61 Å². The molecule has 2 aliphatic heterocycles. The smallest absolute Gasteiger partial charge is 0.320 e. The average Bonchev–Trinajstić information content (AvgIpc) is 3.20. The first-order chi connectivity index (χ1) is 9.26. The predicted octanol–water partition coefficient (Wildman–Crippen LogP) is 1.59. The summed E-state index contributed by atoms with van der Waals surface area (Å²) in [5, 5.41) is 0. The largest absolute Gasteiger partial charge is 0.460 e. The topological polar surface area (TPSA) is 42.1 Å². The Kier molecular flexibility index (Phi) is 3.53. The molecule has 0 saturated carbocycles. The maximum atomic E-state index is 11.8. The molecular weight excluding hydrogens is 242 g/mol. The molecule has 0 bridgehead atoms. The van der Waals surface area contributed by atoms with Crippen LogP contribution in [0.5, 0.6) is 0 Å². The van der Waals surface area contributed by atoms with Crippen molar-refractivity contribution in [2.45, 2.75) is 25.0 Å². The van der Waals surface area contributed by atoms with Gasteiger partial charge in [-0.3, -0.25) is 9.69 Å². The zero-order valence-electron chi connectivity index (χ0n) is 11.0. The van der Waals surface area contributed by atoms with E-state index in [0.29, 0.717) is 13.2 Å². The van der Waals surface area contributed by atoms with E-state index in [1.807, 2.05) is 30.3 Å². The highest BCUT2D eigenvalue weighted by Gasteiger charge is 2.46. The van der Waals surface area contributed by atoms with Gasteiger partial charge in [0.2, 0.25) is 0 Å². The van der Waals surface area contributed by atoms with Crippen LogP contribution >= 0.6 is 0 Å². The molecule has 0 atom stereocenters. The van der Waals surface area contributed by atoms with Crippen molar-refractivity contribution < 1.29 is 14.3 Å². The number of hydrogen-bond donors (Lipinski definition) is 0. The Morgan fingerprint density at radius 2 is 1.95 bits per heavy atom. The number of benzene rings is 1. The molecule has 0 unspecified atom stereocenters. The van der Waals surface area contributed by atoms with E-state index in [1.54, 1.807) is 0 Å². The molecule has 1 aromatic carbocycles. The molecule has 4 nitrogen and oxygen atoms in total. The van der Waals surface area contributed by atoms with Crippen LogP contribution in [0.15, 0.2) is 30.3 Å². The molecule has 0 aromatic heterocycles. The summed E-state index contributed by atoms with van der Waals surface area (Å²) in [4.78, 5) is 13.9. The van der Waals surface area contributed by atoms with Crippen LogP contribution in [0.25, 0.3) is 0 Å². The number of piperidine rings is 1. The molecule has 2 saturated heterocycles. The minimum absolute atomic E-state index is 0.142. The Labute approximate surface area is 113 Å². The van der Waals surface area contributed by atoms with Crippen LogP contribution in [-0.4, -0.2) is 42.7 Å². The van der Waals surface area contributed by atoms with Gasteiger partial charge < -0.3 is 9.47 Å². The Morgan fingerprint density at radius 3 is 2.58 bits per heavy atom. The second kappa shape index (κ2) is 5.31. The van der Waals surface area contributed by atoms with E-state index >= 15 is 0 Å². The molecule has 0 radical (unpaired) electrons. The molecule has 1 spiro atoms. The van der Waals surface area contributed by atoms with Crippen molar-refractivity contribution in [2.75, 3.05) is 26.2 Å². The second-order valence-electron chi connectivity index (χ2n) is 5.39. The van der Waals surface area contributed by atoms with Gasteiger partial charge in [0.15, 0.2) is 0 Å². The van der Waals surface area contributed by atoms with Gasteiger partial charge in [0.05, 0.1) is 18.8 Å². The molecule has 2 fully saturated rings. The Balaban J connectivity index is 1.39. The molecule has 2 heterocycles.